The van der Waals surface area contributed by atoms with Gasteiger partial charge in [0.05, 0.1) is 29.4 Å². The zero-order valence-electron chi connectivity index (χ0n) is 15.8. The summed E-state index contributed by atoms with van der Waals surface area (Å²) >= 11 is 0. The standard InChI is InChI=1S/C20H24N6O/c1-14-11-15(2)26(23-14)10-6-20(27)25-9-5-17-18(25)4-8-24(17)19-12-16(13-21)3-7-22-19/h3,7,11-12,17-18H,4-6,8-10H2,1-2H3/t17-,18-/m0/s1. The first-order valence-electron chi connectivity index (χ1n) is 9.50. The molecule has 2 aromatic rings. The smallest absolute Gasteiger partial charge is 0.224 e. The lowest BCUT2D eigenvalue weighted by Crippen LogP contribution is -2.40. The number of likely N-dealkylation sites (tertiary alicyclic amines) is 1. The number of carbonyl (C=O) groups excluding carboxylic acids is 1. The van der Waals surface area contributed by atoms with Crippen LogP contribution in [0.4, 0.5) is 5.82 Å². The van der Waals surface area contributed by atoms with Gasteiger partial charge in [0.15, 0.2) is 0 Å². The highest BCUT2D eigenvalue weighted by molar-refractivity contribution is 5.77. The first-order chi connectivity index (χ1) is 13.1. The molecule has 2 saturated heterocycles. The van der Waals surface area contributed by atoms with E-state index in [1.807, 2.05) is 35.6 Å². The third-order valence-corrected chi connectivity index (χ3v) is 5.71. The van der Waals surface area contributed by atoms with E-state index in [0.29, 0.717) is 24.6 Å². The summed E-state index contributed by atoms with van der Waals surface area (Å²) in [5, 5.41) is 13.6. The maximum atomic E-state index is 12.8. The van der Waals surface area contributed by atoms with Crippen molar-refractivity contribution in [3.63, 3.8) is 0 Å². The lowest BCUT2D eigenvalue weighted by atomic mass is 10.1. The van der Waals surface area contributed by atoms with Gasteiger partial charge < -0.3 is 9.80 Å². The molecule has 2 aromatic heterocycles. The molecule has 0 aromatic carbocycles. The molecular weight excluding hydrogens is 340 g/mol. The molecule has 0 N–H and O–H groups in total. The molecule has 2 fully saturated rings. The number of fused-ring (bicyclic) bond motifs is 1. The Morgan fingerprint density at radius 3 is 2.81 bits per heavy atom. The van der Waals surface area contributed by atoms with Gasteiger partial charge in [-0.15, -0.1) is 0 Å². The molecule has 27 heavy (non-hydrogen) atoms. The average molecular weight is 364 g/mol. The minimum atomic E-state index is 0.204. The molecule has 0 saturated carbocycles. The first kappa shape index (κ1) is 17.5. The zero-order valence-corrected chi connectivity index (χ0v) is 15.8. The minimum Gasteiger partial charge on any atom is -0.351 e. The van der Waals surface area contributed by atoms with Gasteiger partial charge in [0.1, 0.15) is 5.82 Å². The Kier molecular flexibility index (Phi) is 4.56. The van der Waals surface area contributed by atoms with Crippen molar-refractivity contribution < 1.29 is 4.79 Å². The number of pyridine rings is 1. The van der Waals surface area contributed by atoms with Gasteiger partial charge in [-0.05, 0) is 44.9 Å². The number of hydrogen-bond acceptors (Lipinski definition) is 5. The summed E-state index contributed by atoms with van der Waals surface area (Å²) in [6.07, 6.45) is 4.07. The van der Waals surface area contributed by atoms with Crippen LogP contribution < -0.4 is 4.90 Å². The summed E-state index contributed by atoms with van der Waals surface area (Å²) in [6, 6.07) is 8.31. The van der Waals surface area contributed by atoms with Crippen LogP contribution in [-0.2, 0) is 11.3 Å². The van der Waals surface area contributed by atoms with E-state index in [9.17, 15) is 4.79 Å². The van der Waals surface area contributed by atoms with Crippen LogP contribution in [0.15, 0.2) is 24.4 Å². The van der Waals surface area contributed by atoms with Crippen LogP contribution in [0.5, 0.6) is 0 Å². The van der Waals surface area contributed by atoms with E-state index in [0.717, 1.165) is 43.1 Å². The van der Waals surface area contributed by atoms with Crippen molar-refractivity contribution in [1.29, 1.82) is 5.26 Å². The van der Waals surface area contributed by atoms with Crippen molar-refractivity contribution in [3.8, 4) is 6.07 Å². The molecule has 7 heteroatoms. The summed E-state index contributed by atoms with van der Waals surface area (Å²) in [5.41, 5.74) is 2.70. The number of amides is 1. The van der Waals surface area contributed by atoms with Crippen molar-refractivity contribution >= 4 is 11.7 Å². The van der Waals surface area contributed by atoms with Gasteiger partial charge >= 0.3 is 0 Å². The number of carbonyl (C=O) groups is 1. The Bertz CT molecular complexity index is 898. The van der Waals surface area contributed by atoms with Crippen molar-refractivity contribution in [2.75, 3.05) is 18.0 Å². The van der Waals surface area contributed by atoms with Crippen molar-refractivity contribution in [2.45, 2.75) is 51.7 Å². The summed E-state index contributed by atoms with van der Waals surface area (Å²) < 4.78 is 1.92. The summed E-state index contributed by atoms with van der Waals surface area (Å²) in [7, 11) is 0. The number of aromatic nitrogens is 3. The van der Waals surface area contributed by atoms with Crippen LogP contribution in [0, 0.1) is 25.2 Å². The van der Waals surface area contributed by atoms with E-state index in [2.05, 4.69) is 21.1 Å². The maximum absolute atomic E-state index is 12.8. The van der Waals surface area contributed by atoms with Gasteiger partial charge in [0.25, 0.3) is 0 Å². The van der Waals surface area contributed by atoms with Crippen molar-refractivity contribution in [1.82, 2.24) is 19.7 Å². The second-order valence-electron chi connectivity index (χ2n) is 7.41. The second kappa shape index (κ2) is 7.03. The molecule has 0 radical (unpaired) electrons. The van der Waals surface area contributed by atoms with Crippen LogP contribution in [0.25, 0.3) is 0 Å². The van der Waals surface area contributed by atoms with Crippen molar-refractivity contribution in [3.05, 3.63) is 41.3 Å². The predicted octanol–water partition coefficient (Wildman–Crippen LogP) is 2.04. The van der Waals surface area contributed by atoms with E-state index in [-0.39, 0.29) is 11.9 Å². The van der Waals surface area contributed by atoms with Gasteiger partial charge in [-0.2, -0.15) is 10.4 Å². The van der Waals surface area contributed by atoms with E-state index in [4.69, 9.17) is 5.26 Å². The molecule has 2 atom stereocenters. The maximum Gasteiger partial charge on any atom is 0.224 e. The van der Waals surface area contributed by atoms with Gasteiger partial charge in [0.2, 0.25) is 5.91 Å². The average Bonchev–Trinajstić information content (AvgIpc) is 3.34. The minimum absolute atomic E-state index is 0.204. The van der Waals surface area contributed by atoms with Crippen LogP contribution in [0.3, 0.4) is 0 Å². The lowest BCUT2D eigenvalue weighted by Gasteiger charge is -2.26. The number of anilines is 1. The highest BCUT2D eigenvalue weighted by Gasteiger charge is 2.44. The summed E-state index contributed by atoms with van der Waals surface area (Å²) in [6.45, 7) is 6.28. The quantitative estimate of drug-likeness (QED) is 0.830. The number of aryl methyl sites for hydroxylation is 3. The van der Waals surface area contributed by atoms with Gasteiger partial charge in [-0.1, -0.05) is 0 Å². The normalized spacial score (nSPS) is 21.4. The zero-order chi connectivity index (χ0) is 19.0. The fourth-order valence-corrected chi connectivity index (χ4v) is 4.47. The molecule has 0 spiro atoms. The third-order valence-electron chi connectivity index (χ3n) is 5.71. The van der Waals surface area contributed by atoms with Gasteiger partial charge in [-0.3, -0.25) is 9.48 Å². The molecule has 0 bridgehead atoms. The molecular formula is C20H24N6O. The number of nitriles is 1. The van der Waals surface area contributed by atoms with Crippen LogP contribution in [0.1, 0.15) is 36.2 Å². The highest BCUT2D eigenvalue weighted by atomic mass is 16.2. The number of hydrogen-bond donors (Lipinski definition) is 0. The fourth-order valence-electron chi connectivity index (χ4n) is 4.47. The molecule has 140 valence electrons. The molecule has 4 heterocycles. The lowest BCUT2D eigenvalue weighted by molar-refractivity contribution is -0.132. The third kappa shape index (κ3) is 3.27. The van der Waals surface area contributed by atoms with E-state index in [1.54, 1.807) is 12.3 Å². The van der Waals surface area contributed by atoms with E-state index in [1.165, 1.54) is 0 Å². The Labute approximate surface area is 159 Å². The molecule has 0 unspecified atom stereocenters. The SMILES string of the molecule is Cc1cc(C)n(CCC(=O)N2CC[C@H]3[C@@H]2CCN3c2cc(C#N)ccn2)n1. The largest absolute Gasteiger partial charge is 0.351 e. The van der Waals surface area contributed by atoms with Crippen LogP contribution in [0.2, 0.25) is 0 Å². The van der Waals surface area contributed by atoms with E-state index < -0.39 is 0 Å². The topological polar surface area (TPSA) is 78.0 Å². The number of rotatable bonds is 4. The monoisotopic (exact) mass is 364 g/mol. The Hall–Kier alpha value is -2.88. The Balaban J connectivity index is 1.41. The molecule has 2 aliphatic rings. The highest BCUT2D eigenvalue weighted by Crippen LogP contribution is 2.34. The molecule has 2 aliphatic heterocycles. The van der Waals surface area contributed by atoms with Gasteiger partial charge in [0, 0.05) is 37.9 Å². The Morgan fingerprint density at radius 2 is 2.07 bits per heavy atom. The van der Waals surface area contributed by atoms with Gasteiger partial charge in [-0.25, -0.2) is 4.98 Å². The fraction of sp³-hybridized carbons (Fsp3) is 0.500. The van der Waals surface area contributed by atoms with Crippen molar-refractivity contribution in [2.24, 2.45) is 0 Å². The van der Waals surface area contributed by atoms with E-state index >= 15 is 0 Å². The molecule has 7 nitrogen and oxygen atoms in total. The summed E-state index contributed by atoms with van der Waals surface area (Å²) in [4.78, 5) is 21.6. The molecule has 1 amide bonds. The van der Waals surface area contributed by atoms with Crippen LogP contribution in [-0.4, -0.2) is 50.7 Å². The summed E-state index contributed by atoms with van der Waals surface area (Å²) in [5.74, 6) is 1.05. The van der Waals surface area contributed by atoms with Crippen LogP contribution >= 0.6 is 0 Å². The first-order valence-corrected chi connectivity index (χ1v) is 9.50. The second-order valence-corrected chi connectivity index (χ2v) is 7.41. The molecule has 0 aliphatic carbocycles. The number of nitrogens with zero attached hydrogens (tertiary/aromatic N) is 6. The Morgan fingerprint density at radius 1 is 1.26 bits per heavy atom. The molecule has 4 rings (SSSR count). The predicted molar refractivity (Wildman–Crippen MR) is 101 cm³/mol.